The summed E-state index contributed by atoms with van der Waals surface area (Å²) in [5.74, 6) is 0.596. The van der Waals surface area contributed by atoms with Crippen LogP contribution < -0.4 is 10.1 Å². The van der Waals surface area contributed by atoms with E-state index in [0.29, 0.717) is 12.2 Å². The lowest BCUT2D eigenvalue weighted by Gasteiger charge is -2.13. The molecule has 0 aromatic heterocycles. The van der Waals surface area contributed by atoms with Gasteiger partial charge in [-0.05, 0) is 43.7 Å². The van der Waals surface area contributed by atoms with Crippen molar-refractivity contribution < 1.29 is 19.4 Å². The van der Waals surface area contributed by atoms with Gasteiger partial charge in [0.25, 0.3) is 5.91 Å². The number of aliphatic hydroxyl groups is 1. The first-order valence-corrected chi connectivity index (χ1v) is 8.23. The number of aryl methyl sites for hydroxylation is 2. The van der Waals surface area contributed by atoms with Crippen LogP contribution in [-0.2, 0) is 11.3 Å². The van der Waals surface area contributed by atoms with E-state index in [9.17, 15) is 9.90 Å². The van der Waals surface area contributed by atoms with Gasteiger partial charge in [0.15, 0.2) is 0 Å². The van der Waals surface area contributed by atoms with Crippen molar-refractivity contribution in [1.82, 2.24) is 5.32 Å². The Labute approximate surface area is 148 Å². The second-order valence-corrected chi connectivity index (χ2v) is 6.10. The highest BCUT2D eigenvalue weighted by atomic mass is 16.5. The molecule has 5 nitrogen and oxygen atoms in total. The number of rotatable bonds is 8. The second-order valence-electron chi connectivity index (χ2n) is 6.10. The SMILES string of the molecule is COc1ccc(COC[C@H](O)CNC(=O)c2cc(C)cc(C)c2)cc1. The maximum Gasteiger partial charge on any atom is 0.251 e. The zero-order valence-corrected chi connectivity index (χ0v) is 14.9. The second kappa shape index (κ2) is 9.20. The standard InChI is InChI=1S/C20H25NO4/c1-14-8-15(2)10-17(9-14)20(23)21-11-18(22)13-25-12-16-4-6-19(24-3)7-5-16/h4-10,18,22H,11-13H2,1-3H3,(H,21,23)/t18-/m1/s1. The highest BCUT2D eigenvalue weighted by molar-refractivity contribution is 5.94. The van der Waals surface area contributed by atoms with E-state index in [0.717, 1.165) is 22.4 Å². The molecular weight excluding hydrogens is 318 g/mol. The zero-order chi connectivity index (χ0) is 18.2. The Balaban J connectivity index is 1.72. The van der Waals surface area contributed by atoms with Gasteiger partial charge in [-0.1, -0.05) is 29.3 Å². The van der Waals surface area contributed by atoms with Crippen molar-refractivity contribution >= 4 is 5.91 Å². The van der Waals surface area contributed by atoms with Gasteiger partial charge in [0.2, 0.25) is 0 Å². The number of ether oxygens (including phenoxy) is 2. The molecule has 0 aliphatic rings. The summed E-state index contributed by atoms with van der Waals surface area (Å²) in [7, 11) is 1.62. The maximum atomic E-state index is 12.1. The fourth-order valence-corrected chi connectivity index (χ4v) is 2.51. The van der Waals surface area contributed by atoms with E-state index in [1.54, 1.807) is 7.11 Å². The van der Waals surface area contributed by atoms with Crippen LogP contribution in [0, 0.1) is 13.8 Å². The average Bonchev–Trinajstić information content (AvgIpc) is 2.59. The van der Waals surface area contributed by atoms with Crippen LogP contribution in [0.15, 0.2) is 42.5 Å². The van der Waals surface area contributed by atoms with Crippen molar-refractivity contribution in [3.8, 4) is 5.75 Å². The fourth-order valence-electron chi connectivity index (χ4n) is 2.51. The molecule has 2 rings (SSSR count). The Bertz CT molecular complexity index is 677. The van der Waals surface area contributed by atoms with Crippen LogP contribution in [0.2, 0.25) is 0 Å². The van der Waals surface area contributed by atoms with Crippen molar-refractivity contribution in [3.63, 3.8) is 0 Å². The molecule has 0 aliphatic heterocycles. The molecule has 0 heterocycles. The van der Waals surface area contributed by atoms with Crippen LogP contribution in [0.4, 0.5) is 0 Å². The zero-order valence-electron chi connectivity index (χ0n) is 14.9. The minimum Gasteiger partial charge on any atom is -0.497 e. The first kappa shape index (κ1) is 19.0. The van der Waals surface area contributed by atoms with Crippen molar-refractivity contribution in [2.75, 3.05) is 20.3 Å². The summed E-state index contributed by atoms with van der Waals surface area (Å²) >= 11 is 0. The van der Waals surface area contributed by atoms with Gasteiger partial charge in [0.05, 0.1) is 26.4 Å². The highest BCUT2D eigenvalue weighted by Crippen LogP contribution is 2.12. The highest BCUT2D eigenvalue weighted by Gasteiger charge is 2.10. The van der Waals surface area contributed by atoms with E-state index < -0.39 is 6.10 Å². The van der Waals surface area contributed by atoms with Crippen molar-refractivity contribution in [2.24, 2.45) is 0 Å². The lowest BCUT2D eigenvalue weighted by atomic mass is 10.1. The van der Waals surface area contributed by atoms with Crippen LogP contribution in [-0.4, -0.2) is 37.4 Å². The minimum atomic E-state index is -0.756. The fraction of sp³-hybridized carbons (Fsp3) is 0.350. The lowest BCUT2D eigenvalue weighted by Crippen LogP contribution is -2.34. The van der Waals surface area contributed by atoms with Gasteiger partial charge < -0.3 is 19.9 Å². The molecule has 0 bridgehead atoms. The van der Waals surface area contributed by atoms with Gasteiger partial charge in [0.1, 0.15) is 5.75 Å². The van der Waals surface area contributed by atoms with Gasteiger partial charge in [0, 0.05) is 12.1 Å². The third-order valence-corrected chi connectivity index (χ3v) is 3.72. The first-order chi connectivity index (χ1) is 12.0. The monoisotopic (exact) mass is 343 g/mol. The van der Waals surface area contributed by atoms with Crippen molar-refractivity contribution in [1.29, 1.82) is 0 Å². The predicted octanol–water partition coefficient (Wildman–Crippen LogP) is 2.62. The molecule has 2 aromatic rings. The van der Waals surface area contributed by atoms with E-state index in [4.69, 9.17) is 9.47 Å². The molecule has 0 radical (unpaired) electrons. The molecule has 2 aromatic carbocycles. The van der Waals surface area contributed by atoms with Crippen LogP contribution in [0.3, 0.4) is 0 Å². The van der Waals surface area contributed by atoms with Gasteiger partial charge in [-0.15, -0.1) is 0 Å². The molecule has 0 saturated carbocycles. The number of carbonyl (C=O) groups is 1. The normalized spacial score (nSPS) is 11.8. The summed E-state index contributed by atoms with van der Waals surface area (Å²) in [6.07, 6.45) is -0.756. The summed E-state index contributed by atoms with van der Waals surface area (Å²) in [4.78, 5) is 12.1. The molecule has 5 heteroatoms. The van der Waals surface area contributed by atoms with E-state index in [2.05, 4.69) is 5.32 Å². The number of nitrogens with one attached hydrogen (secondary N) is 1. The van der Waals surface area contributed by atoms with E-state index >= 15 is 0 Å². The average molecular weight is 343 g/mol. The van der Waals surface area contributed by atoms with Gasteiger partial charge in [-0.25, -0.2) is 0 Å². The van der Waals surface area contributed by atoms with E-state index in [1.807, 2.05) is 56.3 Å². The topological polar surface area (TPSA) is 67.8 Å². The number of methoxy groups -OCH3 is 1. The van der Waals surface area contributed by atoms with E-state index in [-0.39, 0.29) is 19.1 Å². The third-order valence-electron chi connectivity index (χ3n) is 3.72. The van der Waals surface area contributed by atoms with Crippen LogP contribution in [0.1, 0.15) is 27.0 Å². The van der Waals surface area contributed by atoms with Gasteiger partial charge >= 0.3 is 0 Å². The molecule has 25 heavy (non-hydrogen) atoms. The number of carbonyl (C=O) groups excluding carboxylic acids is 1. The van der Waals surface area contributed by atoms with Crippen LogP contribution >= 0.6 is 0 Å². The summed E-state index contributed by atoms with van der Waals surface area (Å²) in [6, 6.07) is 13.2. The maximum absolute atomic E-state index is 12.1. The Hall–Kier alpha value is -2.37. The molecule has 0 aliphatic carbocycles. The molecule has 2 N–H and O–H groups in total. The Morgan fingerprint density at radius 1 is 1.12 bits per heavy atom. The first-order valence-electron chi connectivity index (χ1n) is 8.23. The quantitative estimate of drug-likeness (QED) is 0.773. The number of amides is 1. The predicted molar refractivity (Wildman–Crippen MR) is 96.9 cm³/mol. The molecule has 0 spiro atoms. The smallest absolute Gasteiger partial charge is 0.251 e. The molecule has 1 amide bonds. The lowest BCUT2D eigenvalue weighted by molar-refractivity contribution is 0.0285. The minimum absolute atomic E-state index is 0.147. The van der Waals surface area contributed by atoms with Gasteiger partial charge in [-0.3, -0.25) is 4.79 Å². The third kappa shape index (κ3) is 6.21. The summed E-state index contributed by atoms with van der Waals surface area (Å²) < 4.78 is 10.6. The Morgan fingerprint density at radius 3 is 2.36 bits per heavy atom. The number of hydrogen-bond acceptors (Lipinski definition) is 4. The van der Waals surface area contributed by atoms with E-state index in [1.165, 1.54) is 0 Å². The number of hydrogen-bond donors (Lipinski definition) is 2. The molecule has 0 unspecified atom stereocenters. The number of aliphatic hydroxyl groups excluding tert-OH is 1. The molecule has 0 saturated heterocycles. The summed E-state index contributed by atoms with van der Waals surface area (Å²) in [5.41, 5.74) is 3.66. The Morgan fingerprint density at radius 2 is 1.76 bits per heavy atom. The van der Waals surface area contributed by atoms with Crippen molar-refractivity contribution in [3.05, 3.63) is 64.7 Å². The van der Waals surface area contributed by atoms with Crippen LogP contribution in [0.25, 0.3) is 0 Å². The largest absolute Gasteiger partial charge is 0.497 e. The number of benzene rings is 2. The molecular formula is C20H25NO4. The molecule has 0 fully saturated rings. The van der Waals surface area contributed by atoms with Crippen LogP contribution in [0.5, 0.6) is 5.75 Å². The van der Waals surface area contributed by atoms with Gasteiger partial charge in [-0.2, -0.15) is 0 Å². The molecule has 1 atom stereocenters. The van der Waals surface area contributed by atoms with Crippen molar-refractivity contribution in [2.45, 2.75) is 26.6 Å². The summed E-state index contributed by atoms with van der Waals surface area (Å²) in [6.45, 7) is 4.59. The Kier molecular flexibility index (Phi) is 6.98. The summed E-state index contributed by atoms with van der Waals surface area (Å²) in [5, 5.41) is 12.7. The molecule has 134 valence electrons.